The number of carbonyl (C=O) groups is 3. The predicted molar refractivity (Wildman–Crippen MR) is 110 cm³/mol. The number of nitrogens with one attached hydrogen (secondary N) is 3. The van der Waals surface area contributed by atoms with Gasteiger partial charge in [-0.15, -0.1) is 0 Å². The van der Waals surface area contributed by atoms with Gasteiger partial charge in [-0.25, -0.2) is 13.2 Å². The Morgan fingerprint density at radius 3 is 2.17 bits per heavy atom. The first-order valence-electron chi connectivity index (χ1n) is 8.94. The van der Waals surface area contributed by atoms with Crippen molar-refractivity contribution in [2.24, 2.45) is 5.92 Å². The zero-order chi connectivity index (χ0) is 21.9. The quantitative estimate of drug-likeness (QED) is 0.546. The Labute approximate surface area is 172 Å². The lowest BCUT2D eigenvalue weighted by Gasteiger charge is -2.16. The number of carbonyl (C=O) groups excluding carboxylic acids is 2. The Kier molecular flexibility index (Phi) is 5.92. The summed E-state index contributed by atoms with van der Waals surface area (Å²) in [5.41, 5.74) is 1.24. The minimum Gasteiger partial charge on any atom is -0.481 e. The standard InChI is InChI=1S/C19H20N4O6S/c1-20-19(27)21-13-2-4-14(5-3-13)22-30(28,29)16-8-6-15(7-9-16)23-11-12(18(25)26)10-17(23)24/h2-9,12,22H,10-11H2,1H3,(H,25,26)(H2,20,21,27). The fourth-order valence-corrected chi connectivity index (χ4v) is 4.02. The number of rotatable bonds is 6. The van der Waals surface area contributed by atoms with Crippen molar-refractivity contribution in [2.45, 2.75) is 11.3 Å². The SMILES string of the molecule is CNC(=O)Nc1ccc(NS(=O)(=O)c2ccc(N3CC(C(=O)O)CC3=O)cc2)cc1. The number of hydrogen-bond acceptors (Lipinski definition) is 5. The second-order valence-electron chi connectivity index (χ2n) is 6.62. The lowest BCUT2D eigenvalue weighted by molar-refractivity contribution is -0.141. The van der Waals surface area contributed by atoms with E-state index in [4.69, 9.17) is 5.11 Å². The molecule has 1 unspecified atom stereocenters. The van der Waals surface area contributed by atoms with Crippen molar-refractivity contribution >= 4 is 45.0 Å². The van der Waals surface area contributed by atoms with Crippen molar-refractivity contribution in [1.29, 1.82) is 0 Å². The normalized spacial score (nSPS) is 16.2. The molecule has 0 bridgehead atoms. The molecule has 0 aromatic heterocycles. The molecule has 2 aromatic carbocycles. The number of anilines is 3. The minimum absolute atomic E-state index is 0.0137. The summed E-state index contributed by atoms with van der Waals surface area (Å²) in [6, 6.07) is 11.3. The maximum absolute atomic E-state index is 12.6. The molecule has 1 heterocycles. The number of urea groups is 1. The topological polar surface area (TPSA) is 145 Å². The predicted octanol–water partition coefficient (Wildman–Crippen LogP) is 1.68. The Hall–Kier alpha value is -3.60. The molecule has 1 fully saturated rings. The van der Waals surface area contributed by atoms with Crippen molar-refractivity contribution in [3.05, 3.63) is 48.5 Å². The van der Waals surface area contributed by atoms with Crippen molar-refractivity contribution in [3.63, 3.8) is 0 Å². The molecule has 30 heavy (non-hydrogen) atoms. The highest BCUT2D eigenvalue weighted by Gasteiger charge is 2.35. The van der Waals surface area contributed by atoms with E-state index >= 15 is 0 Å². The number of carboxylic acids is 1. The molecule has 3 amide bonds. The molecule has 2 aromatic rings. The first-order valence-corrected chi connectivity index (χ1v) is 10.4. The summed E-state index contributed by atoms with van der Waals surface area (Å²) < 4.78 is 27.6. The maximum atomic E-state index is 12.6. The second-order valence-corrected chi connectivity index (χ2v) is 8.31. The van der Waals surface area contributed by atoms with Gasteiger partial charge in [0.05, 0.1) is 10.8 Å². The highest BCUT2D eigenvalue weighted by atomic mass is 32.2. The van der Waals surface area contributed by atoms with E-state index in [1.54, 1.807) is 12.1 Å². The summed E-state index contributed by atoms with van der Waals surface area (Å²) in [6.07, 6.45) is -0.0816. The van der Waals surface area contributed by atoms with Crippen LogP contribution in [0.15, 0.2) is 53.4 Å². The van der Waals surface area contributed by atoms with Crippen LogP contribution in [-0.4, -0.2) is 45.0 Å². The fourth-order valence-electron chi connectivity index (χ4n) is 2.96. The molecule has 1 aliphatic rings. The molecule has 11 heteroatoms. The summed E-state index contributed by atoms with van der Waals surface area (Å²) in [5.74, 6) is -2.13. The third-order valence-corrected chi connectivity index (χ3v) is 5.95. The third-order valence-electron chi connectivity index (χ3n) is 4.56. The monoisotopic (exact) mass is 432 g/mol. The third kappa shape index (κ3) is 4.69. The van der Waals surface area contributed by atoms with Crippen molar-refractivity contribution < 1.29 is 27.9 Å². The number of sulfonamides is 1. The molecule has 0 aliphatic carbocycles. The number of nitrogens with zero attached hydrogens (tertiary/aromatic N) is 1. The molecular weight excluding hydrogens is 412 g/mol. The van der Waals surface area contributed by atoms with Gasteiger partial charge in [0, 0.05) is 37.1 Å². The summed E-state index contributed by atoms with van der Waals surface area (Å²) in [5, 5.41) is 14.0. The van der Waals surface area contributed by atoms with E-state index in [1.165, 1.54) is 48.3 Å². The molecule has 0 radical (unpaired) electrons. The maximum Gasteiger partial charge on any atom is 0.318 e. The fraction of sp³-hybridized carbons (Fsp3) is 0.211. The van der Waals surface area contributed by atoms with Crippen LogP contribution in [-0.2, 0) is 19.6 Å². The van der Waals surface area contributed by atoms with Crippen molar-refractivity contribution in [1.82, 2.24) is 5.32 Å². The summed E-state index contributed by atoms with van der Waals surface area (Å²) in [4.78, 5) is 35.7. The smallest absolute Gasteiger partial charge is 0.318 e. The van der Waals surface area contributed by atoms with Crippen LogP contribution in [0.5, 0.6) is 0 Å². The van der Waals surface area contributed by atoms with E-state index in [0.717, 1.165) is 0 Å². The number of aliphatic carboxylic acids is 1. The first kappa shape index (κ1) is 21.1. The summed E-state index contributed by atoms with van der Waals surface area (Å²) in [7, 11) is -2.40. The van der Waals surface area contributed by atoms with Gasteiger partial charge in [0.25, 0.3) is 10.0 Å². The molecule has 0 saturated carbocycles. The van der Waals surface area contributed by atoms with Gasteiger partial charge in [-0.05, 0) is 48.5 Å². The molecule has 1 aliphatic heterocycles. The van der Waals surface area contributed by atoms with Crippen LogP contribution in [0.3, 0.4) is 0 Å². The van der Waals surface area contributed by atoms with E-state index < -0.39 is 27.9 Å². The molecule has 1 saturated heterocycles. The molecule has 1 atom stereocenters. The van der Waals surface area contributed by atoms with Crippen LogP contribution in [0.2, 0.25) is 0 Å². The zero-order valence-electron chi connectivity index (χ0n) is 16.0. The molecule has 3 rings (SSSR count). The number of benzene rings is 2. The van der Waals surface area contributed by atoms with Crippen molar-refractivity contribution in [3.8, 4) is 0 Å². The molecule has 4 N–H and O–H groups in total. The number of amides is 3. The largest absolute Gasteiger partial charge is 0.481 e. The lowest BCUT2D eigenvalue weighted by atomic mass is 10.1. The number of carboxylic acid groups (broad SMARTS) is 1. The van der Waals surface area contributed by atoms with Crippen LogP contribution >= 0.6 is 0 Å². The van der Waals surface area contributed by atoms with E-state index in [2.05, 4.69) is 15.4 Å². The van der Waals surface area contributed by atoms with Gasteiger partial charge in [0.1, 0.15) is 0 Å². The molecule has 10 nitrogen and oxygen atoms in total. The van der Waals surface area contributed by atoms with Crippen LogP contribution < -0.4 is 20.3 Å². The van der Waals surface area contributed by atoms with E-state index in [9.17, 15) is 22.8 Å². The van der Waals surface area contributed by atoms with Crippen LogP contribution in [0.1, 0.15) is 6.42 Å². The second kappa shape index (κ2) is 8.41. The van der Waals surface area contributed by atoms with Crippen LogP contribution in [0, 0.1) is 5.92 Å². The van der Waals surface area contributed by atoms with Crippen LogP contribution in [0.25, 0.3) is 0 Å². The van der Waals surface area contributed by atoms with Gasteiger partial charge >= 0.3 is 12.0 Å². The molecule has 158 valence electrons. The van der Waals surface area contributed by atoms with Gasteiger partial charge in [-0.1, -0.05) is 0 Å². The zero-order valence-corrected chi connectivity index (χ0v) is 16.8. The Morgan fingerprint density at radius 1 is 1.03 bits per heavy atom. The van der Waals surface area contributed by atoms with Gasteiger partial charge in [0.2, 0.25) is 5.91 Å². The van der Waals surface area contributed by atoms with Crippen molar-refractivity contribution in [2.75, 3.05) is 28.5 Å². The van der Waals surface area contributed by atoms with Crippen LogP contribution in [0.4, 0.5) is 21.9 Å². The first-order chi connectivity index (χ1) is 14.2. The Balaban J connectivity index is 1.70. The Bertz CT molecular complexity index is 1070. The average Bonchev–Trinajstić information content (AvgIpc) is 3.11. The summed E-state index contributed by atoms with van der Waals surface area (Å²) in [6.45, 7) is 0.0505. The van der Waals surface area contributed by atoms with E-state index in [-0.39, 0.29) is 23.8 Å². The molecule has 0 spiro atoms. The minimum atomic E-state index is -3.88. The van der Waals surface area contributed by atoms with Gasteiger partial charge in [0.15, 0.2) is 0 Å². The Morgan fingerprint density at radius 2 is 1.63 bits per heavy atom. The van der Waals surface area contributed by atoms with E-state index in [1.807, 2.05) is 0 Å². The van der Waals surface area contributed by atoms with Gasteiger partial charge in [-0.2, -0.15) is 0 Å². The summed E-state index contributed by atoms with van der Waals surface area (Å²) >= 11 is 0. The van der Waals surface area contributed by atoms with Gasteiger partial charge in [-0.3, -0.25) is 14.3 Å². The highest BCUT2D eigenvalue weighted by Crippen LogP contribution is 2.27. The number of hydrogen-bond donors (Lipinski definition) is 4. The van der Waals surface area contributed by atoms with E-state index in [0.29, 0.717) is 17.1 Å². The molecular formula is C19H20N4O6S. The average molecular weight is 432 g/mol. The van der Waals surface area contributed by atoms with Gasteiger partial charge < -0.3 is 20.6 Å². The highest BCUT2D eigenvalue weighted by molar-refractivity contribution is 7.92. The lowest BCUT2D eigenvalue weighted by Crippen LogP contribution is -2.25.